The summed E-state index contributed by atoms with van der Waals surface area (Å²) in [6.45, 7) is 4.85. The average molecular weight is 388 g/mol. The van der Waals surface area contributed by atoms with Gasteiger partial charge in [0.2, 0.25) is 11.8 Å². The van der Waals surface area contributed by atoms with E-state index >= 15 is 0 Å². The summed E-state index contributed by atoms with van der Waals surface area (Å²) in [6.07, 6.45) is 3.78. The molecule has 0 aliphatic rings. The Morgan fingerprint density at radius 3 is 1.78 bits per heavy atom. The molecular weight excluding hydrogens is 350 g/mol. The van der Waals surface area contributed by atoms with E-state index < -0.39 is 35.9 Å². The maximum atomic E-state index is 12.6. The Hall–Kier alpha value is -1.71. The van der Waals surface area contributed by atoms with E-state index in [0.29, 0.717) is 51.6 Å². The molecule has 0 heterocycles. The van der Waals surface area contributed by atoms with Gasteiger partial charge in [-0.2, -0.15) is 0 Å². The predicted molar refractivity (Wildman–Crippen MR) is 105 cm³/mol. The standard InChI is InChI=1S/C18H37N5O4/c1-12(2)11-13(21)16(24)22-14(7-3-5-9-19)17(25)23-15(18(26)27)8-4-6-10-20/h12-15H,3-11,19-21H2,1-2H3,(H,22,24)(H,23,25)(H,26,27). The van der Waals surface area contributed by atoms with E-state index in [0.717, 1.165) is 0 Å². The van der Waals surface area contributed by atoms with Crippen LogP contribution < -0.4 is 27.8 Å². The number of carboxylic acids is 1. The SMILES string of the molecule is CC(C)CC(N)C(=O)NC(CCCCN)C(=O)NC(CCCCN)C(=O)O. The van der Waals surface area contributed by atoms with Crippen LogP contribution in [0.15, 0.2) is 0 Å². The van der Waals surface area contributed by atoms with Gasteiger partial charge < -0.3 is 32.9 Å². The molecule has 158 valence electrons. The highest BCUT2D eigenvalue weighted by Crippen LogP contribution is 2.07. The Morgan fingerprint density at radius 1 is 0.852 bits per heavy atom. The van der Waals surface area contributed by atoms with Crippen LogP contribution in [-0.4, -0.2) is 54.1 Å². The molecule has 0 aromatic rings. The van der Waals surface area contributed by atoms with Gasteiger partial charge >= 0.3 is 5.97 Å². The summed E-state index contributed by atoms with van der Waals surface area (Å²) >= 11 is 0. The van der Waals surface area contributed by atoms with Crippen LogP contribution in [-0.2, 0) is 14.4 Å². The number of hydrogen-bond acceptors (Lipinski definition) is 6. The third-order valence-corrected chi connectivity index (χ3v) is 4.20. The van der Waals surface area contributed by atoms with E-state index in [-0.39, 0.29) is 12.3 Å². The molecule has 0 saturated heterocycles. The van der Waals surface area contributed by atoms with Crippen molar-refractivity contribution in [2.75, 3.05) is 13.1 Å². The lowest BCUT2D eigenvalue weighted by Crippen LogP contribution is -2.54. The van der Waals surface area contributed by atoms with Gasteiger partial charge in [0.15, 0.2) is 0 Å². The van der Waals surface area contributed by atoms with Crippen molar-refractivity contribution in [3.05, 3.63) is 0 Å². The third kappa shape index (κ3) is 11.6. The van der Waals surface area contributed by atoms with Crippen molar-refractivity contribution in [2.45, 2.75) is 76.9 Å². The van der Waals surface area contributed by atoms with Gasteiger partial charge in [0, 0.05) is 0 Å². The average Bonchev–Trinajstić information content (AvgIpc) is 2.59. The van der Waals surface area contributed by atoms with Gasteiger partial charge in [0.25, 0.3) is 0 Å². The molecule has 3 unspecified atom stereocenters. The van der Waals surface area contributed by atoms with Gasteiger partial charge in [-0.15, -0.1) is 0 Å². The Labute approximate surface area is 161 Å². The second-order valence-electron chi connectivity index (χ2n) is 7.27. The summed E-state index contributed by atoms with van der Waals surface area (Å²) in [6, 6.07) is -2.56. The van der Waals surface area contributed by atoms with Gasteiger partial charge in [0.1, 0.15) is 12.1 Å². The lowest BCUT2D eigenvalue weighted by molar-refractivity contribution is -0.142. The Morgan fingerprint density at radius 2 is 1.33 bits per heavy atom. The van der Waals surface area contributed by atoms with E-state index in [1.165, 1.54) is 0 Å². The highest BCUT2D eigenvalue weighted by atomic mass is 16.4. The Balaban J connectivity index is 4.93. The first-order valence-electron chi connectivity index (χ1n) is 9.72. The highest BCUT2D eigenvalue weighted by molar-refractivity contribution is 5.91. The molecule has 0 radical (unpaired) electrons. The second-order valence-corrected chi connectivity index (χ2v) is 7.27. The zero-order valence-corrected chi connectivity index (χ0v) is 16.6. The molecule has 0 aliphatic carbocycles. The van der Waals surface area contributed by atoms with Crippen molar-refractivity contribution in [3.63, 3.8) is 0 Å². The number of rotatable bonds is 15. The minimum Gasteiger partial charge on any atom is -0.480 e. The zero-order chi connectivity index (χ0) is 20.8. The van der Waals surface area contributed by atoms with Crippen molar-refractivity contribution in [3.8, 4) is 0 Å². The predicted octanol–water partition coefficient (Wildman–Crippen LogP) is -0.328. The molecule has 2 amide bonds. The first-order valence-corrected chi connectivity index (χ1v) is 9.72. The van der Waals surface area contributed by atoms with Crippen molar-refractivity contribution in [1.29, 1.82) is 0 Å². The van der Waals surface area contributed by atoms with Crippen molar-refractivity contribution >= 4 is 17.8 Å². The van der Waals surface area contributed by atoms with E-state index in [4.69, 9.17) is 17.2 Å². The fourth-order valence-corrected chi connectivity index (χ4v) is 2.68. The number of carbonyl (C=O) groups excluding carboxylic acids is 2. The van der Waals surface area contributed by atoms with Crippen LogP contribution in [0.4, 0.5) is 0 Å². The summed E-state index contributed by atoms with van der Waals surface area (Å²) in [5.41, 5.74) is 16.8. The fourth-order valence-electron chi connectivity index (χ4n) is 2.68. The normalized spacial score (nSPS) is 14.4. The molecular formula is C18H37N5O4. The molecule has 0 fully saturated rings. The van der Waals surface area contributed by atoms with E-state index in [1.807, 2.05) is 13.8 Å². The summed E-state index contributed by atoms with van der Waals surface area (Å²) in [4.78, 5) is 36.3. The molecule has 27 heavy (non-hydrogen) atoms. The van der Waals surface area contributed by atoms with Crippen molar-refractivity contribution in [2.24, 2.45) is 23.1 Å². The number of hydrogen-bond donors (Lipinski definition) is 6. The van der Waals surface area contributed by atoms with Gasteiger partial charge in [-0.3, -0.25) is 9.59 Å². The molecule has 0 rings (SSSR count). The monoisotopic (exact) mass is 387 g/mol. The number of aliphatic carboxylic acids is 1. The summed E-state index contributed by atoms with van der Waals surface area (Å²) < 4.78 is 0. The lowest BCUT2D eigenvalue weighted by atomic mass is 10.0. The number of nitrogens with two attached hydrogens (primary N) is 3. The Bertz CT molecular complexity index is 459. The maximum Gasteiger partial charge on any atom is 0.326 e. The zero-order valence-electron chi connectivity index (χ0n) is 16.6. The first kappa shape index (κ1) is 25.3. The number of nitrogens with one attached hydrogen (secondary N) is 2. The molecule has 0 aromatic heterocycles. The van der Waals surface area contributed by atoms with Crippen molar-refractivity contribution in [1.82, 2.24) is 10.6 Å². The molecule has 3 atom stereocenters. The minimum absolute atomic E-state index is 0.245. The number of unbranched alkanes of at least 4 members (excludes halogenated alkanes) is 2. The highest BCUT2D eigenvalue weighted by Gasteiger charge is 2.27. The van der Waals surface area contributed by atoms with Crippen LogP contribution in [0.25, 0.3) is 0 Å². The molecule has 0 bridgehead atoms. The maximum absolute atomic E-state index is 12.6. The number of carboxylic acid groups (broad SMARTS) is 1. The number of carbonyl (C=O) groups is 3. The topological polar surface area (TPSA) is 174 Å². The van der Waals surface area contributed by atoms with Crippen LogP contribution in [0.2, 0.25) is 0 Å². The van der Waals surface area contributed by atoms with Gasteiger partial charge in [-0.25, -0.2) is 4.79 Å². The van der Waals surface area contributed by atoms with Crippen LogP contribution in [0.1, 0.15) is 58.8 Å². The van der Waals surface area contributed by atoms with Gasteiger partial charge in [-0.05, 0) is 64.0 Å². The lowest BCUT2D eigenvalue weighted by Gasteiger charge is -2.23. The molecule has 0 aliphatic heterocycles. The van der Waals surface area contributed by atoms with Crippen LogP contribution in [0.5, 0.6) is 0 Å². The fraction of sp³-hybridized carbons (Fsp3) is 0.833. The van der Waals surface area contributed by atoms with Crippen LogP contribution in [0.3, 0.4) is 0 Å². The number of amides is 2. The molecule has 0 spiro atoms. The molecule has 9 nitrogen and oxygen atoms in total. The molecule has 9 N–H and O–H groups in total. The quantitative estimate of drug-likeness (QED) is 0.209. The third-order valence-electron chi connectivity index (χ3n) is 4.20. The summed E-state index contributed by atoms with van der Waals surface area (Å²) in [7, 11) is 0. The van der Waals surface area contributed by atoms with E-state index in [1.54, 1.807) is 0 Å². The Kier molecular flexibility index (Phi) is 13.5. The minimum atomic E-state index is -1.11. The van der Waals surface area contributed by atoms with Gasteiger partial charge in [-0.1, -0.05) is 13.8 Å². The summed E-state index contributed by atoms with van der Waals surface area (Å²) in [5.74, 6) is -1.79. The van der Waals surface area contributed by atoms with Crippen molar-refractivity contribution < 1.29 is 19.5 Å². The molecule has 0 aromatic carbocycles. The van der Waals surface area contributed by atoms with E-state index in [9.17, 15) is 19.5 Å². The molecule has 0 saturated carbocycles. The first-order chi connectivity index (χ1) is 12.7. The largest absolute Gasteiger partial charge is 0.480 e. The van der Waals surface area contributed by atoms with Gasteiger partial charge in [0.05, 0.1) is 6.04 Å². The van der Waals surface area contributed by atoms with Crippen LogP contribution in [0, 0.1) is 5.92 Å². The summed E-state index contributed by atoms with van der Waals surface area (Å²) in [5, 5.41) is 14.5. The molecule has 9 heteroatoms. The smallest absolute Gasteiger partial charge is 0.326 e. The second kappa shape index (κ2) is 14.4. The van der Waals surface area contributed by atoms with E-state index in [2.05, 4.69) is 10.6 Å². The van der Waals surface area contributed by atoms with Crippen LogP contribution >= 0.6 is 0 Å².